The normalized spacial score (nSPS) is 13.5. The fraction of sp³-hybridized carbons (Fsp3) is 0.471. The second-order valence-electron chi connectivity index (χ2n) is 5.10. The Bertz CT molecular complexity index is 533. The predicted molar refractivity (Wildman–Crippen MR) is 85.5 cm³/mol. The zero-order chi connectivity index (χ0) is 15.9. The van der Waals surface area contributed by atoms with Gasteiger partial charge in [-0.15, -0.1) is 0 Å². The number of benzene rings is 1. The number of carbonyl (C=O) groups is 1. The first-order valence-corrected chi connectivity index (χ1v) is 7.64. The number of nitrogens with one attached hydrogen (secondary N) is 1. The summed E-state index contributed by atoms with van der Waals surface area (Å²) in [5, 5.41) is 2.96. The van der Waals surface area contributed by atoms with E-state index < -0.39 is 0 Å². The Morgan fingerprint density at radius 1 is 1.32 bits per heavy atom. The van der Waals surface area contributed by atoms with Crippen molar-refractivity contribution in [1.82, 2.24) is 5.32 Å². The van der Waals surface area contributed by atoms with Crippen molar-refractivity contribution < 1.29 is 19.0 Å². The van der Waals surface area contributed by atoms with Gasteiger partial charge in [0.1, 0.15) is 13.2 Å². The quantitative estimate of drug-likeness (QED) is 0.821. The second kappa shape index (κ2) is 7.73. The predicted octanol–water partition coefficient (Wildman–Crippen LogP) is 2.78. The van der Waals surface area contributed by atoms with Gasteiger partial charge in [0.2, 0.25) is 11.7 Å². The lowest BCUT2D eigenvalue weighted by Gasteiger charge is -2.21. The van der Waals surface area contributed by atoms with E-state index in [1.165, 1.54) is 6.08 Å². The maximum Gasteiger partial charge on any atom is 0.244 e. The van der Waals surface area contributed by atoms with Crippen molar-refractivity contribution in [2.24, 2.45) is 0 Å². The van der Waals surface area contributed by atoms with Crippen LogP contribution in [0.3, 0.4) is 0 Å². The lowest BCUT2D eigenvalue weighted by atomic mass is 10.1. The third kappa shape index (κ3) is 3.93. The van der Waals surface area contributed by atoms with Crippen molar-refractivity contribution in [2.75, 3.05) is 20.3 Å². The molecule has 1 amide bonds. The molecule has 0 radical (unpaired) electrons. The molecule has 0 bridgehead atoms. The van der Waals surface area contributed by atoms with Gasteiger partial charge in [0.05, 0.1) is 7.11 Å². The first-order valence-electron chi connectivity index (χ1n) is 7.64. The third-order valence-electron chi connectivity index (χ3n) is 3.61. The lowest BCUT2D eigenvalue weighted by molar-refractivity contribution is -0.117. The highest BCUT2D eigenvalue weighted by atomic mass is 16.6. The van der Waals surface area contributed by atoms with Crippen LogP contribution in [0.15, 0.2) is 18.2 Å². The van der Waals surface area contributed by atoms with Crippen LogP contribution in [0.4, 0.5) is 0 Å². The molecule has 2 rings (SSSR count). The van der Waals surface area contributed by atoms with Crippen molar-refractivity contribution >= 4 is 12.0 Å². The molecule has 1 aliphatic heterocycles. The van der Waals surface area contributed by atoms with E-state index in [-0.39, 0.29) is 11.9 Å². The van der Waals surface area contributed by atoms with Crippen molar-refractivity contribution in [3.63, 3.8) is 0 Å². The van der Waals surface area contributed by atoms with Gasteiger partial charge in [-0.2, -0.15) is 0 Å². The molecule has 1 aromatic rings. The third-order valence-corrected chi connectivity index (χ3v) is 3.61. The van der Waals surface area contributed by atoms with Crippen LogP contribution in [0.1, 0.15) is 32.3 Å². The molecule has 0 saturated heterocycles. The molecule has 1 aromatic carbocycles. The van der Waals surface area contributed by atoms with Crippen LogP contribution < -0.4 is 19.5 Å². The van der Waals surface area contributed by atoms with Crippen LogP contribution in [0, 0.1) is 0 Å². The smallest absolute Gasteiger partial charge is 0.244 e. The first-order chi connectivity index (χ1) is 10.7. The minimum Gasteiger partial charge on any atom is -0.493 e. The van der Waals surface area contributed by atoms with Crippen molar-refractivity contribution in [1.29, 1.82) is 0 Å². The molecule has 0 atom stereocenters. The highest BCUT2D eigenvalue weighted by Crippen LogP contribution is 2.40. The monoisotopic (exact) mass is 305 g/mol. The Kier molecular flexibility index (Phi) is 5.69. The number of amides is 1. The molecule has 1 heterocycles. The summed E-state index contributed by atoms with van der Waals surface area (Å²) in [6.45, 7) is 5.14. The number of rotatable bonds is 6. The molecule has 1 N–H and O–H groups in total. The van der Waals surface area contributed by atoms with E-state index in [1.807, 2.05) is 12.1 Å². The number of fused-ring (bicyclic) bond motifs is 1. The Balaban J connectivity index is 2.12. The van der Waals surface area contributed by atoms with Gasteiger partial charge < -0.3 is 19.5 Å². The molecule has 120 valence electrons. The molecule has 22 heavy (non-hydrogen) atoms. The summed E-state index contributed by atoms with van der Waals surface area (Å²) in [5.41, 5.74) is 0.834. The van der Waals surface area contributed by atoms with Crippen LogP contribution in [-0.2, 0) is 4.79 Å². The van der Waals surface area contributed by atoms with Gasteiger partial charge in [-0.3, -0.25) is 4.79 Å². The van der Waals surface area contributed by atoms with Gasteiger partial charge in [-0.25, -0.2) is 0 Å². The standard InChI is InChI=1S/C17H23NO4/c1-4-13(5-2)18-16(19)7-6-12-10-14(20-3)17-15(11-12)21-8-9-22-17/h6-7,10-11,13H,4-5,8-9H2,1-3H3,(H,18,19). The van der Waals surface area contributed by atoms with Crippen molar-refractivity contribution in [3.8, 4) is 17.2 Å². The zero-order valence-corrected chi connectivity index (χ0v) is 13.3. The fourth-order valence-electron chi connectivity index (χ4n) is 2.30. The van der Waals surface area contributed by atoms with Gasteiger partial charge >= 0.3 is 0 Å². The molecule has 0 unspecified atom stereocenters. The number of ether oxygens (including phenoxy) is 3. The first kappa shape index (κ1) is 16.2. The molecule has 0 fully saturated rings. The number of methoxy groups -OCH3 is 1. The van der Waals surface area contributed by atoms with Gasteiger partial charge in [0.25, 0.3) is 0 Å². The Morgan fingerprint density at radius 3 is 2.73 bits per heavy atom. The van der Waals surface area contributed by atoms with E-state index in [4.69, 9.17) is 14.2 Å². The largest absolute Gasteiger partial charge is 0.493 e. The number of carbonyl (C=O) groups excluding carboxylic acids is 1. The summed E-state index contributed by atoms with van der Waals surface area (Å²) in [7, 11) is 1.58. The molecule has 5 heteroatoms. The summed E-state index contributed by atoms with van der Waals surface area (Å²) in [4.78, 5) is 11.9. The van der Waals surface area contributed by atoms with Crippen molar-refractivity contribution in [3.05, 3.63) is 23.8 Å². The maximum atomic E-state index is 11.9. The Labute approximate surface area is 131 Å². The summed E-state index contributed by atoms with van der Waals surface area (Å²) < 4.78 is 16.4. The maximum absolute atomic E-state index is 11.9. The Morgan fingerprint density at radius 2 is 2.05 bits per heavy atom. The van der Waals surface area contributed by atoms with Gasteiger partial charge in [0.15, 0.2) is 11.5 Å². The molecule has 5 nitrogen and oxygen atoms in total. The van der Waals surface area contributed by atoms with E-state index in [0.29, 0.717) is 30.5 Å². The van der Waals surface area contributed by atoms with Crippen LogP contribution >= 0.6 is 0 Å². The minimum atomic E-state index is -0.0949. The average molecular weight is 305 g/mol. The second-order valence-corrected chi connectivity index (χ2v) is 5.10. The van der Waals surface area contributed by atoms with Crippen LogP contribution in [-0.4, -0.2) is 32.3 Å². The molecule has 0 aliphatic carbocycles. The highest BCUT2D eigenvalue weighted by Gasteiger charge is 2.17. The zero-order valence-electron chi connectivity index (χ0n) is 13.3. The number of hydrogen-bond acceptors (Lipinski definition) is 4. The summed E-state index contributed by atoms with van der Waals surface area (Å²) in [6.07, 6.45) is 5.13. The highest BCUT2D eigenvalue weighted by molar-refractivity contribution is 5.92. The average Bonchev–Trinajstić information content (AvgIpc) is 2.56. The topological polar surface area (TPSA) is 56.8 Å². The van der Waals surface area contributed by atoms with E-state index in [9.17, 15) is 4.79 Å². The van der Waals surface area contributed by atoms with Crippen molar-refractivity contribution in [2.45, 2.75) is 32.7 Å². The van der Waals surface area contributed by atoms with E-state index in [1.54, 1.807) is 13.2 Å². The van der Waals surface area contributed by atoms with Gasteiger partial charge in [0, 0.05) is 12.1 Å². The summed E-state index contributed by atoms with van der Waals surface area (Å²) in [6, 6.07) is 3.89. The van der Waals surface area contributed by atoms with Gasteiger partial charge in [-0.05, 0) is 36.6 Å². The minimum absolute atomic E-state index is 0.0949. The Hall–Kier alpha value is -2.17. The van der Waals surface area contributed by atoms with Crippen LogP contribution in [0.2, 0.25) is 0 Å². The molecular formula is C17H23NO4. The SMILES string of the molecule is CCC(CC)NC(=O)C=Cc1cc(OC)c2c(c1)OCCO2. The van der Waals surface area contributed by atoms with E-state index >= 15 is 0 Å². The number of hydrogen-bond donors (Lipinski definition) is 1. The molecular weight excluding hydrogens is 282 g/mol. The molecule has 1 aliphatic rings. The van der Waals surface area contributed by atoms with Crippen LogP contribution in [0.25, 0.3) is 6.08 Å². The molecule has 0 spiro atoms. The van der Waals surface area contributed by atoms with Gasteiger partial charge in [-0.1, -0.05) is 13.8 Å². The van der Waals surface area contributed by atoms with Crippen LogP contribution in [0.5, 0.6) is 17.2 Å². The van der Waals surface area contributed by atoms with E-state index in [2.05, 4.69) is 19.2 Å². The summed E-state index contributed by atoms with van der Waals surface area (Å²) in [5.74, 6) is 1.78. The lowest BCUT2D eigenvalue weighted by Crippen LogP contribution is -2.32. The fourth-order valence-corrected chi connectivity index (χ4v) is 2.30. The van der Waals surface area contributed by atoms with E-state index in [0.717, 1.165) is 18.4 Å². The summed E-state index contributed by atoms with van der Waals surface area (Å²) >= 11 is 0. The molecule has 0 saturated carbocycles. The molecule has 0 aromatic heterocycles.